The van der Waals surface area contributed by atoms with Gasteiger partial charge < -0.3 is 14.9 Å². The molecule has 0 heterocycles. The molecule has 2 N–H and O–H groups in total. The van der Waals surface area contributed by atoms with Crippen LogP contribution in [-0.2, 0) is 4.74 Å². The Morgan fingerprint density at radius 1 is 0.708 bits per heavy atom. The third-order valence-corrected chi connectivity index (χ3v) is 4.79. The lowest BCUT2D eigenvalue weighted by Crippen LogP contribution is -2.31. The van der Waals surface area contributed by atoms with Crippen LogP contribution in [0.5, 0.6) is 0 Å². The molecule has 3 unspecified atom stereocenters. The molecule has 0 aromatic heterocycles. The summed E-state index contributed by atoms with van der Waals surface area (Å²) in [6.07, 6.45) is 17.6. The van der Waals surface area contributed by atoms with Gasteiger partial charge in [-0.05, 0) is 20.3 Å². The van der Waals surface area contributed by atoms with Crippen molar-refractivity contribution < 1.29 is 14.9 Å². The third-order valence-electron chi connectivity index (χ3n) is 4.79. The van der Waals surface area contributed by atoms with Crippen LogP contribution in [0.1, 0.15) is 111 Å². The predicted octanol–water partition coefficient (Wildman–Crippen LogP) is 5.61. The van der Waals surface area contributed by atoms with E-state index in [1.807, 2.05) is 6.92 Å². The van der Waals surface area contributed by atoms with E-state index in [2.05, 4.69) is 6.92 Å². The lowest BCUT2D eigenvalue weighted by atomic mass is 10.0. The lowest BCUT2D eigenvalue weighted by molar-refractivity contribution is -0.0833. The fraction of sp³-hybridized carbons (Fsp3) is 1.00. The van der Waals surface area contributed by atoms with Crippen LogP contribution < -0.4 is 0 Å². The summed E-state index contributed by atoms with van der Waals surface area (Å²) in [5.41, 5.74) is 0. The van der Waals surface area contributed by atoms with E-state index in [-0.39, 0.29) is 18.8 Å². The van der Waals surface area contributed by atoms with E-state index in [0.717, 1.165) is 12.8 Å². The molecule has 3 atom stereocenters. The van der Waals surface area contributed by atoms with E-state index in [1.165, 1.54) is 77.0 Å². The Kier molecular flexibility index (Phi) is 17.6. The first kappa shape index (κ1) is 23.9. The summed E-state index contributed by atoms with van der Waals surface area (Å²) in [5, 5.41) is 18.8. The van der Waals surface area contributed by atoms with Crippen LogP contribution in [0.25, 0.3) is 0 Å². The fourth-order valence-electron chi connectivity index (χ4n) is 3.13. The summed E-state index contributed by atoms with van der Waals surface area (Å²) in [6.45, 7) is 5.91. The van der Waals surface area contributed by atoms with Crippen molar-refractivity contribution in [2.24, 2.45) is 0 Å². The Morgan fingerprint density at radius 2 is 1.12 bits per heavy atom. The molecule has 3 nitrogen and oxygen atoms in total. The minimum atomic E-state index is -0.462. The topological polar surface area (TPSA) is 49.7 Å². The first-order valence-corrected chi connectivity index (χ1v) is 10.6. The molecule has 0 radical (unpaired) electrons. The monoisotopic (exact) mass is 344 g/mol. The quantitative estimate of drug-likeness (QED) is 0.317. The van der Waals surface area contributed by atoms with Gasteiger partial charge in [0.1, 0.15) is 0 Å². The number of ether oxygens (including phenoxy) is 1. The zero-order chi connectivity index (χ0) is 18.0. The van der Waals surface area contributed by atoms with E-state index < -0.39 is 6.10 Å². The summed E-state index contributed by atoms with van der Waals surface area (Å²) in [4.78, 5) is 0. The molecule has 24 heavy (non-hydrogen) atoms. The van der Waals surface area contributed by atoms with Crippen molar-refractivity contribution in [1.82, 2.24) is 0 Å². The molecule has 0 aliphatic rings. The maximum absolute atomic E-state index is 9.74. The average Bonchev–Trinajstić information content (AvgIpc) is 2.57. The summed E-state index contributed by atoms with van der Waals surface area (Å²) >= 11 is 0. The molecular formula is C21H44O3. The van der Waals surface area contributed by atoms with Crippen molar-refractivity contribution in [3.05, 3.63) is 0 Å². The molecule has 0 bridgehead atoms. The molecule has 0 amide bonds. The van der Waals surface area contributed by atoms with Crippen LogP contribution in [0, 0.1) is 0 Å². The zero-order valence-electron chi connectivity index (χ0n) is 16.6. The Bertz CT molecular complexity index is 243. The molecule has 0 rings (SSSR count). The highest BCUT2D eigenvalue weighted by atomic mass is 16.5. The molecule has 0 aliphatic carbocycles. The van der Waals surface area contributed by atoms with Crippen LogP contribution >= 0.6 is 0 Å². The molecule has 0 aliphatic heterocycles. The van der Waals surface area contributed by atoms with Gasteiger partial charge in [0.25, 0.3) is 0 Å². The molecule has 146 valence electrons. The van der Waals surface area contributed by atoms with Gasteiger partial charge >= 0.3 is 0 Å². The van der Waals surface area contributed by atoms with Crippen LogP contribution in [0.3, 0.4) is 0 Å². The fourth-order valence-corrected chi connectivity index (χ4v) is 3.13. The second kappa shape index (κ2) is 17.7. The maximum Gasteiger partial charge on any atom is 0.0836 e. The summed E-state index contributed by atoms with van der Waals surface area (Å²) < 4.78 is 5.67. The number of unbranched alkanes of at least 4 members (excludes halogenated alkanes) is 12. The number of aliphatic hydroxyl groups is 2. The van der Waals surface area contributed by atoms with Gasteiger partial charge in [-0.2, -0.15) is 0 Å². The van der Waals surface area contributed by atoms with Crippen LogP contribution in [0.4, 0.5) is 0 Å². The first-order chi connectivity index (χ1) is 11.6. The standard InChI is InChI=1S/C21H44O3/c1-4-5-6-7-8-9-10-11-12-13-14-15-16-17-21(20(3)23)24-19(2)18-22/h19-23H,4-18H2,1-3H3. The number of rotatable bonds is 18. The van der Waals surface area contributed by atoms with E-state index >= 15 is 0 Å². The zero-order valence-corrected chi connectivity index (χ0v) is 16.6. The summed E-state index contributed by atoms with van der Waals surface area (Å²) in [6, 6.07) is 0. The van der Waals surface area contributed by atoms with Crippen molar-refractivity contribution in [3.63, 3.8) is 0 Å². The second-order valence-electron chi connectivity index (χ2n) is 7.44. The van der Waals surface area contributed by atoms with E-state index in [9.17, 15) is 5.11 Å². The van der Waals surface area contributed by atoms with Crippen LogP contribution in [0.15, 0.2) is 0 Å². The Balaban J connectivity index is 3.36. The summed E-state index contributed by atoms with van der Waals surface area (Å²) in [7, 11) is 0. The molecule has 0 aromatic carbocycles. The second-order valence-corrected chi connectivity index (χ2v) is 7.44. The molecular weight excluding hydrogens is 300 g/mol. The number of hydrogen-bond acceptors (Lipinski definition) is 3. The van der Waals surface area contributed by atoms with Gasteiger partial charge in [-0.3, -0.25) is 0 Å². The van der Waals surface area contributed by atoms with Crippen molar-refractivity contribution in [2.75, 3.05) is 6.61 Å². The Morgan fingerprint density at radius 3 is 1.50 bits per heavy atom. The van der Waals surface area contributed by atoms with Crippen molar-refractivity contribution >= 4 is 0 Å². The van der Waals surface area contributed by atoms with Crippen molar-refractivity contribution in [2.45, 2.75) is 129 Å². The lowest BCUT2D eigenvalue weighted by Gasteiger charge is -2.23. The smallest absolute Gasteiger partial charge is 0.0836 e. The first-order valence-electron chi connectivity index (χ1n) is 10.6. The number of hydrogen-bond donors (Lipinski definition) is 2. The van der Waals surface area contributed by atoms with Crippen molar-refractivity contribution in [3.8, 4) is 0 Å². The van der Waals surface area contributed by atoms with Gasteiger partial charge in [-0.1, -0.05) is 90.4 Å². The van der Waals surface area contributed by atoms with E-state index in [4.69, 9.17) is 9.84 Å². The van der Waals surface area contributed by atoms with E-state index in [1.54, 1.807) is 6.92 Å². The van der Waals surface area contributed by atoms with Gasteiger partial charge in [0.2, 0.25) is 0 Å². The Labute approximate surface area is 151 Å². The highest BCUT2D eigenvalue weighted by Crippen LogP contribution is 2.16. The summed E-state index contributed by atoms with van der Waals surface area (Å²) in [5.74, 6) is 0. The molecule has 0 fully saturated rings. The molecule has 3 heteroatoms. The normalized spacial score (nSPS) is 15.4. The van der Waals surface area contributed by atoms with Gasteiger partial charge in [0.05, 0.1) is 24.9 Å². The molecule has 0 spiro atoms. The number of aliphatic hydroxyl groups excluding tert-OH is 2. The highest BCUT2D eigenvalue weighted by molar-refractivity contribution is 4.67. The minimum absolute atomic E-state index is 0.0157. The Hall–Kier alpha value is -0.120. The largest absolute Gasteiger partial charge is 0.394 e. The van der Waals surface area contributed by atoms with Gasteiger partial charge in [0.15, 0.2) is 0 Å². The highest BCUT2D eigenvalue weighted by Gasteiger charge is 2.17. The van der Waals surface area contributed by atoms with Crippen LogP contribution in [0.2, 0.25) is 0 Å². The van der Waals surface area contributed by atoms with E-state index in [0.29, 0.717) is 0 Å². The maximum atomic E-state index is 9.74. The minimum Gasteiger partial charge on any atom is -0.394 e. The SMILES string of the molecule is CCCCCCCCCCCCCCCC(OC(C)CO)C(C)O. The van der Waals surface area contributed by atoms with Crippen LogP contribution in [-0.4, -0.2) is 35.1 Å². The van der Waals surface area contributed by atoms with Crippen molar-refractivity contribution in [1.29, 1.82) is 0 Å². The third kappa shape index (κ3) is 15.4. The predicted molar refractivity (Wildman–Crippen MR) is 103 cm³/mol. The molecule has 0 aromatic rings. The van der Waals surface area contributed by atoms with Gasteiger partial charge in [-0.25, -0.2) is 0 Å². The van der Waals surface area contributed by atoms with Gasteiger partial charge in [0, 0.05) is 0 Å². The van der Waals surface area contributed by atoms with Gasteiger partial charge in [-0.15, -0.1) is 0 Å². The molecule has 0 saturated carbocycles. The molecule has 0 saturated heterocycles. The average molecular weight is 345 g/mol.